The van der Waals surface area contributed by atoms with Gasteiger partial charge in [-0.25, -0.2) is 0 Å². The fraction of sp³-hybridized carbons (Fsp3) is 0.125. The Morgan fingerprint density at radius 1 is 1.00 bits per heavy atom. The van der Waals surface area contributed by atoms with Gasteiger partial charge in [-0.05, 0) is 29.8 Å². The summed E-state index contributed by atoms with van der Waals surface area (Å²) in [6.45, 7) is 0.267. The van der Waals surface area contributed by atoms with Crippen LogP contribution in [0.25, 0.3) is 0 Å². The fourth-order valence-electron chi connectivity index (χ4n) is 1.87. The van der Waals surface area contributed by atoms with Gasteiger partial charge in [0.2, 0.25) is 11.7 Å². The maximum Gasteiger partial charge on any atom is 0.231 e. The van der Waals surface area contributed by atoms with Crippen LogP contribution in [0.1, 0.15) is 17.3 Å². The number of aromatic hydroxyl groups is 1. The second-order valence-corrected chi connectivity index (χ2v) is 4.55. The minimum atomic E-state index is 0.237. The Balaban J connectivity index is 1.59. The van der Waals surface area contributed by atoms with E-state index in [1.54, 1.807) is 12.1 Å². The Bertz CT molecular complexity index is 693. The predicted molar refractivity (Wildman–Crippen MR) is 76.0 cm³/mol. The number of hydrogen-bond acceptors (Lipinski definition) is 5. The molecule has 0 amide bonds. The molecular formula is C16H14N2O3. The molecule has 0 aliphatic carbocycles. The minimum absolute atomic E-state index is 0.237. The van der Waals surface area contributed by atoms with E-state index in [2.05, 4.69) is 10.1 Å². The van der Waals surface area contributed by atoms with Gasteiger partial charge in [-0.2, -0.15) is 4.98 Å². The average molecular weight is 282 g/mol. The van der Waals surface area contributed by atoms with Crippen molar-refractivity contribution in [3.63, 3.8) is 0 Å². The molecule has 1 heterocycles. The first kappa shape index (κ1) is 13.2. The number of hydrogen-bond donors (Lipinski definition) is 1. The first-order valence-corrected chi connectivity index (χ1v) is 6.57. The normalized spacial score (nSPS) is 10.5. The van der Waals surface area contributed by atoms with E-state index in [9.17, 15) is 5.11 Å². The van der Waals surface area contributed by atoms with Crippen molar-refractivity contribution in [1.29, 1.82) is 0 Å². The van der Waals surface area contributed by atoms with Crippen LogP contribution in [-0.4, -0.2) is 15.2 Å². The smallest absolute Gasteiger partial charge is 0.231 e. The number of phenols is 1. The van der Waals surface area contributed by atoms with E-state index in [4.69, 9.17) is 9.26 Å². The van der Waals surface area contributed by atoms with Crippen molar-refractivity contribution in [2.45, 2.75) is 13.0 Å². The van der Waals surface area contributed by atoms with Crippen molar-refractivity contribution in [2.75, 3.05) is 0 Å². The van der Waals surface area contributed by atoms with E-state index in [0.717, 1.165) is 11.3 Å². The molecular weight excluding hydrogens is 268 g/mol. The van der Waals surface area contributed by atoms with Crippen LogP contribution < -0.4 is 4.74 Å². The molecule has 5 heteroatoms. The summed E-state index contributed by atoms with van der Waals surface area (Å²) in [5, 5.41) is 13.1. The molecule has 0 bridgehead atoms. The van der Waals surface area contributed by atoms with E-state index < -0.39 is 0 Å². The summed E-state index contributed by atoms with van der Waals surface area (Å²) in [6.07, 6.45) is 0.526. The lowest BCUT2D eigenvalue weighted by atomic mass is 10.1. The van der Waals surface area contributed by atoms with Crippen LogP contribution in [0.4, 0.5) is 0 Å². The number of phenolic OH excluding ortho intramolecular Hbond substituents is 1. The molecule has 0 aliphatic heterocycles. The van der Waals surface area contributed by atoms with E-state index in [1.165, 1.54) is 0 Å². The first-order chi connectivity index (χ1) is 10.3. The van der Waals surface area contributed by atoms with Crippen LogP contribution in [0, 0.1) is 0 Å². The van der Waals surface area contributed by atoms with Crippen molar-refractivity contribution in [3.05, 3.63) is 71.9 Å². The van der Waals surface area contributed by atoms with Crippen LogP contribution in [0.2, 0.25) is 0 Å². The van der Waals surface area contributed by atoms with E-state index in [0.29, 0.717) is 18.1 Å². The average Bonchev–Trinajstić information content (AvgIpc) is 2.96. The summed E-state index contributed by atoms with van der Waals surface area (Å²) in [4.78, 5) is 4.28. The summed E-state index contributed by atoms with van der Waals surface area (Å²) >= 11 is 0. The first-order valence-electron chi connectivity index (χ1n) is 6.57. The highest BCUT2D eigenvalue weighted by atomic mass is 16.5. The zero-order chi connectivity index (χ0) is 14.5. The molecule has 0 fully saturated rings. The van der Waals surface area contributed by atoms with Crippen molar-refractivity contribution in [2.24, 2.45) is 0 Å². The lowest BCUT2D eigenvalue weighted by Gasteiger charge is -2.01. The molecule has 0 aliphatic rings. The van der Waals surface area contributed by atoms with Gasteiger partial charge in [0.1, 0.15) is 11.5 Å². The van der Waals surface area contributed by atoms with E-state index >= 15 is 0 Å². The molecule has 2 aromatic carbocycles. The molecule has 1 N–H and O–H groups in total. The summed E-state index contributed by atoms with van der Waals surface area (Å²) in [5.41, 5.74) is 0.993. The van der Waals surface area contributed by atoms with Crippen LogP contribution in [0.3, 0.4) is 0 Å². The SMILES string of the molecule is Oc1ccc(Cc2nc(COc3ccccc3)no2)cc1. The van der Waals surface area contributed by atoms with Gasteiger partial charge >= 0.3 is 0 Å². The highest BCUT2D eigenvalue weighted by Gasteiger charge is 2.08. The largest absolute Gasteiger partial charge is 0.508 e. The zero-order valence-electron chi connectivity index (χ0n) is 11.3. The molecule has 21 heavy (non-hydrogen) atoms. The topological polar surface area (TPSA) is 68.4 Å². The lowest BCUT2D eigenvalue weighted by molar-refractivity contribution is 0.285. The third kappa shape index (κ3) is 3.60. The molecule has 0 spiro atoms. The standard InChI is InChI=1S/C16H14N2O3/c19-13-8-6-12(7-9-13)10-16-17-15(18-21-16)11-20-14-4-2-1-3-5-14/h1-9,19H,10-11H2. The van der Waals surface area contributed by atoms with Gasteiger partial charge in [0.25, 0.3) is 0 Å². The van der Waals surface area contributed by atoms with Crippen LogP contribution in [-0.2, 0) is 13.0 Å². The molecule has 3 rings (SSSR count). The predicted octanol–water partition coefficient (Wildman–Crippen LogP) is 2.95. The van der Waals surface area contributed by atoms with Gasteiger partial charge in [-0.1, -0.05) is 35.5 Å². The molecule has 0 saturated carbocycles. The Morgan fingerprint density at radius 3 is 2.52 bits per heavy atom. The van der Waals surface area contributed by atoms with Crippen molar-refractivity contribution >= 4 is 0 Å². The van der Waals surface area contributed by atoms with Crippen molar-refractivity contribution < 1.29 is 14.4 Å². The Hall–Kier alpha value is -2.82. The van der Waals surface area contributed by atoms with Gasteiger partial charge in [0.15, 0.2) is 6.61 Å². The fourth-order valence-corrected chi connectivity index (χ4v) is 1.87. The van der Waals surface area contributed by atoms with Crippen LogP contribution in [0.5, 0.6) is 11.5 Å². The number of rotatable bonds is 5. The molecule has 0 saturated heterocycles. The molecule has 3 aromatic rings. The summed E-state index contributed by atoms with van der Waals surface area (Å²) in [7, 11) is 0. The second-order valence-electron chi connectivity index (χ2n) is 4.55. The molecule has 0 atom stereocenters. The van der Waals surface area contributed by atoms with Crippen LogP contribution >= 0.6 is 0 Å². The third-order valence-corrected chi connectivity index (χ3v) is 2.91. The van der Waals surface area contributed by atoms with E-state index in [-0.39, 0.29) is 12.4 Å². The molecule has 1 aromatic heterocycles. The summed E-state index contributed by atoms with van der Waals surface area (Å²) in [6, 6.07) is 16.4. The maximum atomic E-state index is 9.24. The maximum absolute atomic E-state index is 9.24. The van der Waals surface area contributed by atoms with Crippen molar-refractivity contribution in [3.8, 4) is 11.5 Å². The highest BCUT2D eigenvalue weighted by molar-refractivity contribution is 5.27. The summed E-state index contributed by atoms with van der Waals surface area (Å²) < 4.78 is 10.7. The zero-order valence-corrected chi connectivity index (χ0v) is 11.3. The van der Waals surface area contributed by atoms with Crippen LogP contribution in [0.15, 0.2) is 59.1 Å². The quantitative estimate of drug-likeness (QED) is 0.779. The Kier molecular flexibility index (Phi) is 3.82. The van der Waals surface area contributed by atoms with Gasteiger partial charge in [-0.3, -0.25) is 0 Å². The number of nitrogens with zero attached hydrogens (tertiary/aromatic N) is 2. The second kappa shape index (κ2) is 6.09. The third-order valence-electron chi connectivity index (χ3n) is 2.91. The van der Waals surface area contributed by atoms with Gasteiger partial charge in [0, 0.05) is 0 Å². The monoisotopic (exact) mass is 282 g/mol. The van der Waals surface area contributed by atoms with Gasteiger partial charge in [0.05, 0.1) is 6.42 Å². The minimum Gasteiger partial charge on any atom is -0.508 e. The lowest BCUT2D eigenvalue weighted by Crippen LogP contribution is -1.97. The number of aromatic nitrogens is 2. The molecule has 0 unspecified atom stereocenters. The van der Waals surface area contributed by atoms with Gasteiger partial charge in [-0.15, -0.1) is 0 Å². The molecule has 0 radical (unpaired) electrons. The number of para-hydroxylation sites is 1. The number of benzene rings is 2. The Labute approximate surface area is 121 Å². The summed E-state index contributed by atoms with van der Waals surface area (Å²) in [5.74, 6) is 2.03. The molecule has 106 valence electrons. The van der Waals surface area contributed by atoms with Gasteiger partial charge < -0.3 is 14.4 Å². The van der Waals surface area contributed by atoms with E-state index in [1.807, 2.05) is 42.5 Å². The van der Waals surface area contributed by atoms with Crippen molar-refractivity contribution in [1.82, 2.24) is 10.1 Å². The Morgan fingerprint density at radius 2 is 1.76 bits per heavy atom. The number of ether oxygens (including phenoxy) is 1. The molecule has 5 nitrogen and oxygen atoms in total. The highest BCUT2D eigenvalue weighted by Crippen LogP contribution is 2.14.